The van der Waals surface area contributed by atoms with Crippen LogP contribution in [0.1, 0.15) is 29.6 Å². The zero-order valence-corrected chi connectivity index (χ0v) is 18.8. The van der Waals surface area contributed by atoms with Crippen LogP contribution in [0.4, 0.5) is 13.2 Å². The number of nitrogens with zero attached hydrogens (tertiary/aromatic N) is 2. The van der Waals surface area contributed by atoms with E-state index in [0.29, 0.717) is 24.1 Å². The minimum atomic E-state index is -4.42. The van der Waals surface area contributed by atoms with E-state index in [9.17, 15) is 13.2 Å². The molecule has 2 N–H and O–H groups in total. The minimum absolute atomic E-state index is 0. The highest BCUT2D eigenvalue weighted by Crippen LogP contribution is 2.30. The molecule has 0 amide bonds. The lowest BCUT2D eigenvalue weighted by Gasteiger charge is -2.11. The molecule has 0 aliphatic carbocycles. The molecule has 0 unspecified atom stereocenters. The predicted molar refractivity (Wildman–Crippen MR) is 117 cm³/mol. The maximum atomic E-state index is 12.6. The fraction of sp³-hybridized carbons (Fsp3) is 0.444. The summed E-state index contributed by atoms with van der Waals surface area (Å²) in [5.74, 6) is 1.39. The Kier molecular flexibility index (Phi) is 10.6. The molecular weight excluding hydrogens is 504 g/mol. The van der Waals surface area contributed by atoms with Gasteiger partial charge in [-0.15, -0.1) is 35.3 Å². The molecule has 2 aromatic rings. The van der Waals surface area contributed by atoms with Crippen LogP contribution in [0.15, 0.2) is 34.6 Å². The van der Waals surface area contributed by atoms with Gasteiger partial charge in [-0.25, -0.2) is 9.98 Å². The molecule has 1 aromatic carbocycles. The summed E-state index contributed by atoms with van der Waals surface area (Å²) in [6.45, 7) is 3.38. The fourth-order valence-electron chi connectivity index (χ4n) is 2.33. The molecule has 0 radical (unpaired) electrons. The summed E-state index contributed by atoms with van der Waals surface area (Å²) in [4.78, 5) is 7.89. The molecule has 0 bridgehead atoms. The number of ether oxygens (including phenoxy) is 1. The predicted octanol–water partition coefficient (Wildman–Crippen LogP) is 4.48. The van der Waals surface area contributed by atoms with Crippen molar-refractivity contribution in [3.05, 3.63) is 45.9 Å². The Balaban J connectivity index is 0.00000392. The molecule has 1 heterocycles. The van der Waals surface area contributed by atoms with Crippen molar-refractivity contribution in [3.8, 4) is 5.75 Å². The van der Waals surface area contributed by atoms with Gasteiger partial charge in [0.1, 0.15) is 10.8 Å². The summed E-state index contributed by atoms with van der Waals surface area (Å²) < 4.78 is 43.0. The van der Waals surface area contributed by atoms with Crippen molar-refractivity contribution in [2.75, 3.05) is 20.2 Å². The fourth-order valence-corrected chi connectivity index (χ4v) is 3.05. The number of rotatable bonds is 8. The maximum Gasteiger partial charge on any atom is 0.434 e. The van der Waals surface area contributed by atoms with Gasteiger partial charge >= 0.3 is 6.18 Å². The van der Waals surface area contributed by atoms with Crippen LogP contribution in [-0.4, -0.2) is 31.1 Å². The van der Waals surface area contributed by atoms with Crippen LogP contribution in [-0.2, 0) is 19.1 Å². The average Bonchev–Trinajstić information content (AvgIpc) is 3.13. The Morgan fingerprint density at radius 3 is 2.71 bits per heavy atom. The van der Waals surface area contributed by atoms with Crippen LogP contribution in [0.2, 0.25) is 0 Å². The van der Waals surface area contributed by atoms with E-state index in [0.717, 1.165) is 35.3 Å². The van der Waals surface area contributed by atoms with E-state index in [1.165, 1.54) is 5.56 Å². The molecule has 2 rings (SSSR count). The van der Waals surface area contributed by atoms with Crippen molar-refractivity contribution in [1.82, 2.24) is 15.6 Å². The zero-order chi connectivity index (χ0) is 19.7. The van der Waals surface area contributed by atoms with Crippen molar-refractivity contribution in [2.45, 2.75) is 32.5 Å². The number of guanidine groups is 1. The Hall–Kier alpha value is -1.56. The number of hydrogen-bond donors (Lipinski definition) is 2. The van der Waals surface area contributed by atoms with E-state index in [-0.39, 0.29) is 30.5 Å². The lowest BCUT2D eigenvalue weighted by molar-refractivity contribution is -0.140. The number of hydrogen-bond acceptors (Lipinski definition) is 4. The standard InChI is InChI=1S/C18H23F3N4OS.HI/c1-3-22-17(24-11-16-25-15(12-27-16)18(19,20)21)23-9-5-7-13-6-4-8-14(10-13)26-2;/h4,6,8,10,12H,3,5,7,9,11H2,1-2H3,(H2,22,23,24);1H. The van der Waals surface area contributed by atoms with Crippen LogP contribution < -0.4 is 15.4 Å². The number of nitrogens with one attached hydrogen (secondary N) is 2. The topological polar surface area (TPSA) is 58.5 Å². The van der Waals surface area contributed by atoms with Crippen LogP contribution in [0.3, 0.4) is 0 Å². The lowest BCUT2D eigenvalue weighted by atomic mass is 10.1. The van der Waals surface area contributed by atoms with Crippen molar-refractivity contribution in [1.29, 1.82) is 0 Å². The van der Waals surface area contributed by atoms with Crippen molar-refractivity contribution in [2.24, 2.45) is 4.99 Å². The van der Waals surface area contributed by atoms with Gasteiger partial charge < -0.3 is 15.4 Å². The second-order valence-corrected chi connectivity index (χ2v) is 6.64. The smallest absolute Gasteiger partial charge is 0.434 e. The molecule has 0 saturated heterocycles. The summed E-state index contributed by atoms with van der Waals surface area (Å²) in [5, 5.41) is 7.61. The molecule has 0 saturated carbocycles. The second kappa shape index (κ2) is 12.1. The summed E-state index contributed by atoms with van der Waals surface area (Å²) in [5.41, 5.74) is 0.314. The molecule has 1 aromatic heterocycles. The first-order chi connectivity index (χ1) is 12.9. The molecule has 0 aliphatic rings. The number of halogens is 4. The lowest BCUT2D eigenvalue weighted by Crippen LogP contribution is -2.37. The maximum absolute atomic E-state index is 12.6. The number of methoxy groups -OCH3 is 1. The first-order valence-electron chi connectivity index (χ1n) is 8.59. The first-order valence-corrected chi connectivity index (χ1v) is 9.47. The van der Waals surface area contributed by atoms with E-state index in [2.05, 4.69) is 20.6 Å². The second-order valence-electron chi connectivity index (χ2n) is 5.70. The summed E-state index contributed by atoms with van der Waals surface area (Å²) in [6, 6.07) is 7.90. The highest BCUT2D eigenvalue weighted by molar-refractivity contribution is 14.0. The van der Waals surface area contributed by atoms with Gasteiger partial charge in [0.05, 0.1) is 13.7 Å². The Bertz CT molecular complexity index is 752. The van der Waals surface area contributed by atoms with Gasteiger partial charge in [-0.05, 0) is 37.5 Å². The third kappa shape index (κ3) is 8.21. The van der Waals surface area contributed by atoms with E-state index in [1.807, 2.05) is 31.2 Å². The molecule has 28 heavy (non-hydrogen) atoms. The minimum Gasteiger partial charge on any atom is -0.497 e. The zero-order valence-electron chi connectivity index (χ0n) is 15.7. The monoisotopic (exact) mass is 528 g/mol. The van der Waals surface area contributed by atoms with E-state index >= 15 is 0 Å². The van der Waals surface area contributed by atoms with Gasteiger partial charge in [0, 0.05) is 18.5 Å². The average molecular weight is 528 g/mol. The van der Waals surface area contributed by atoms with Crippen molar-refractivity contribution >= 4 is 41.3 Å². The van der Waals surface area contributed by atoms with E-state index < -0.39 is 11.9 Å². The Morgan fingerprint density at radius 2 is 2.07 bits per heavy atom. The van der Waals surface area contributed by atoms with Gasteiger partial charge in [-0.2, -0.15) is 13.2 Å². The Morgan fingerprint density at radius 1 is 1.29 bits per heavy atom. The number of aliphatic imine (C=N–C) groups is 1. The molecule has 10 heteroatoms. The highest BCUT2D eigenvalue weighted by atomic mass is 127. The van der Waals surface area contributed by atoms with Crippen LogP contribution in [0, 0.1) is 0 Å². The summed E-state index contributed by atoms with van der Waals surface area (Å²) in [6.07, 6.45) is -2.65. The number of aromatic nitrogens is 1. The molecular formula is C18H24F3IN4OS. The highest BCUT2D eigenvalue weighted by Gasteiger charge is 2.33. The van der Waals surface area contributed by atoms with Crippen molar-refractivity contribution < 1.29 is 17.9 Å². The molecule has 0 fully saturated rings. The van der Waals surface area contributed by atoms with Gasteiger partial charge in [-0.3, -0.25) is 0 Å². The molecule has 0 aliphatic heterocycles. The normalized spacial score (nSPS) is 11.7. The van der Waals surface area contributed by atoms with Gasteiger partial charge in [-0.1, -0.05) is 12.1 Å². The van der Waals surface area contributed by atoms with Crippen LogP contribution in [0.5, 0.6) is 5.75 Å². The number of benzene rings is 1. The SMILES string of the molecule is CCNC(=NCc1nc(C(F)(F)F)cs1)NCCCc1cccc(OC)c1.I. The third-order valence-corrected chi connectivity index (χ3v) is 4.46. The number of aryl methyl sites for hydroxylation is 1. The van der Waals surface area contributed by atoms with Crippen LogP contribution in [0.25, 0.3) is 0 Å². The van der Waals surface area contributed by atoms with E-state index in [4.69, 9.17) is 4.74 Å². The number of thiazole rings is 1. The molecule has 5 nitrogen and oxygen atoms in total. The molecule has 0 atom stereocenters. The van der Waals surface area contributed by atoms with Crippen molar-refractivity contribution in [3.63, 3.8) is 0 Å². The van der Waals surface area contributed by atoms with Crippen LogP contribution >= 0.6 is 35.3 Å². The third-order valence-electron chi connectivity index (χ3n) is 3.63. The van der Waals surface area contributed by atoms with Gasteiger partial charge in [0.25, 0.3) is 0 Å². The largest absolute Gasteiger partial charge is 0.497 e. The number of alkyl halides is 3. The summed E-state index contributed by atoms with van der Waals surface area (Å²) in [7, 11) is 1.64. The first kappa shape index (κ1) is 24.5. The quantitative estimate of drug-likeness (QED) is 0.230. The van der Waals surface area contributed by atoms with E-state index in [1.54, 1.807) is 7.11 Å². The molecule has 156 valence electrons. The van der Waals surface area contributed by atoms with Gasteiger partial charge in [0.15, 0.2) is 11.7 Å². The summed E-state index contributed by atoms with van der Waals surface area (Å²) >= 11 is 0.960. The molecule has 0 spiro atoms. The van der Waals surface area contributed by atoms with Gasteiger partial charge in [0.2, 0.25) is 0 Å². The Labute approximate surface area is 183 Å².